The van der Waals surface area contributed by atoms with Crippen LogP contribution in [-0.2, 0) is 33.2 Å². The number of carbonyl (C=O) groups is 3. The molecule has 1 aromatic heterocycles. The van der Waals surface area contributed by atoms with Crippen molar-refractivity contribution in [3.63, 3.8) is 0 Å². The Bertz CT molecular complexity index is 1150. The Morgan fingerprint density at radius 3 is 2.39 bits per heavy atom. The number of hydrogen-bond acceptors (Lipinski definition) is 7. The summed E-state index contributed by atoms with van der Waals surface area (Å²) in [6.07, 6.45) is 2.35. The minimum absolute atomic E-state index is 0.0291. The number of imide groups is 1. The number of piperidine rings is 1. The monoisotopic (exact) mass is 491 g/mol. The first-order valence-electron chi connectivity index (χ1n) is 10.5. The number of rotatable bonds is 6. The van der Waals surface area contributed by atoms with Gasteiger partial charge in [-0.15, -0.1) is 0 Å². The van der Waals surface area contributed by atoms with Crippen molar-refractivity contribution < 1.29 is 22.8 Å². The molecule has 2 aliphatic rings. The topological polar surface area (TPSA) is 122 Å². The fourth-order valence-electron chi connectivity index (χ4n) is 3.80. The van der Waals surface area contributed by atoms with Crippen LogP contribution in [0.5, 0.6) is 0 Å². The van der Waals surface area contributed by atoms with E-state index in [-0.39, 0.29) is 53.4 Å². The normalized spacial score (nSPS) is 18.2. The molecule has 3 heterocycles. The van der Waals surface area contributed by atoms with E-state index in [0.29, 0.717) is 24.4 Å². The standard InChI is InChI=1S/C21H25N5O5S2/c1-14-22-18(12-24(14)2)33(30,31)25-9-7-16(8-10-25)20(28)23-17-5-3-15(4-6-17)11-26-19(27)13-32-21(26)29/h3-6,12,16H,7-11,13H2,1-2H3,(H,23,28). The quantitative estimate of drug-likeness (QED) is 0.656. The fourth-order valence-corrected chi connectivity index (χ4v) is 6.02. The average Bonchev–Trinajstić information content (AvgIpc) is 3.31. The Morgan fingerprint density at radius 1 is 1.18 bits per heavy atom. The number of amides is 3. The summed E-state index contributed by atoms with van der Waals surface area (Å²) in [7, 11) is -1.93. The van der Waals surface area contributed by atoms with Crippen molar-refractivity contribution >= 4 is 44.5 Å². The molecule has 3 amide bonds. The van der Waals surface area contributed by atoms with E-state index >= 15 is 0 Å². The smallest absolute Gasteiger partial charge is 0.289 e. The minimum Gasteiger partial charge on any atom is -0.337 e. The molecule has 0 atom stereocenters. The molecule has 2 saturated heterocycles. The van der Waals surface area contributed by atoms with Gasteiger partial charge in [-0.05, 0) is 37.5 Å². The molecule has 4 rings (SSSR count). The van der Waals surface area contributed by atoms with Gasteiger partial charge in [0.05, 0.1) is 12.3 Å². The zero-order valence-electron chi connectivity index (χ0n) is 18.4. The highest BCUT2D eigenvalue weighted by molar-refractivity contribution is 8.14. The fraction of sp³-hybridized carbons (Fsp3) is 0.429. The van der Waals surface area contributed by atoms with E-state index in [1.165, 1.54) is 15.4 Å². The molecule has 0 aliphatic carbocycles. The van der Waals surface area contributed by atoms with E-state index in [2.05, 4.69) is 10.3 Å². The Labute approximate surface area is 196 Å². The first-order valence-corrected chi connectivity index (χ1v) is 12.9. The van der Waals surface area contributed by atoms with E-state index in [4.69, 9.17) is 0 Å². The van der Waals surface area contributed by atoms with Crippen LogP contribution in [0.1, 0.15) is 24.2 Å². The van der Waals surface area contributed by atoms with Crippen molar-refractivity contribution in [3.8, 4) is 0 Å². The van der Waals surface area contributed by atoms with E-state index in [1.807, 2.05) is 0 Å². The first kappa shape index (κ1) is 23.5. The average molecular weight is 492 g/mol. The van der Waals surface area contributed by atoms with Gasteiger partial charge in [0.15, 0.2) is 5.03 Å². The van der Waals surface area contributed by atoms with Crippen LogP contribution in [0, 0.1) is 12.8 Å². The van der Waals surface area contributed by atoms with Crippen molar-refractivity contribution in [1.29, 1.82) is 0 Å². The van der Waals surface area contributed by atoms with Gasteiger partial charge in [-0.2, -0.15) is 4.31 Å². The molecular weight excluding hydrogens is 466 g/mol. The summed E-state index contributed by atoms with van der Waals surface area (Å²) in [5.74, 6) is 0.141. The summed E-state index contributed by atoms with van der Waals surface area (Å²) in [4.78, 5) is 41.5. The number of sulfonamides is 1. The zero-order valence-corrected chi connectivity index (χ0v) is 20.0. The van der Waals surface area contributed by atoms with Crippen LogP contribution in [0.25, 0.3) is 0 Å². The summed E-state index contributed by atoms with van der Waals surface area (Å²) < 4.78 is 28.7. The predicted octanol–water partition coefficient (Wildman–Crippen LogP) is 1.96. The Balaban J connectivity index is 1.31. The van der Waals surface area contributed by atoms with Gasteiger partial charge in [-0.25, -0.2) is 13.4 Å². The van der Waals surface area contributed by atoms with E-state index in [1.54, 1.807) is 42.8 Å². The highest BCUT2D eigenvalue weighted by atomic mass is 32.2. The lowest BCUT2D eigenvalue weighted by Gasteiger charge is -2.29. The lowest BCUT2D eigenvalue weighted by Crippen LogP contribution is -2.41. The van der Waals surface area contributed by atoms with Gasteiger partial charge < -0.3 is 9.88 Å². The number of nitrogens with zero attached hydrogens (tertiary/aromatic N) is 4. The lowest BCUT2D eigenvalue weighted by molar-refractivity contribution is -0.125. The maximum Gasteiger partial charge on any atom is 0.289 e. The van der Waals surface area contributed by atoms with Crippen LogP contribution < -0.4 is 5.32 Å². The molecule has 0 saturated carbocycles. The predicted molar refractivity (Wildman–Crippen MR) is 123 cm³/mol. The maximum atomic E-state index is 12.8. The third kappa shape index (κ3) is 4.97. The summed E-state index contributed by atoms with van der Waals surface area (Å²) in [6.45, 7) is 2.46. The number of aryl methyl sites for hydroxylation is 2. The third-order valence-corrected chi connectivity index (χ3v) is 8.55. The Kier molecular flexibility index (Phi) is 6.59. The van der Waals surface area contributed by atoms with Gasteiger partial charge in [0.25, 0.3) is 15.3 Å². The second kappa shape index (κ2) is 9.27. The molecule has 10 nitrogen and oxygen atoms in total. The number of imidazole rings is 1. The SMILES string of the molecule is Cc1nc(S(=O)(=O)N2CCC(C(=O)Nc3ccc(CN4C(=O)CSC4=O)cc3)CC2)cn1C. The van der Waals surface area contributed by atoms with Gasteiger partial charge >= 0.3 is 0 Å². The minimum atomic E-state index is -3.68. The van der Waals surface area contributed by atoms with Gasteiger partial charge in [0.2, 0.25) is 11.8 Å². The second-order valence-corrected chi connectivity index (χ2v) is 10.9. The first-order chi connectivity index (χ1) is 15.6. The van der Waals surface area contributed by atoms with Crippen LogP contribution in [0.4, 0.5) is 10.5 Å². The van der Waals surface area contributed by atoms with Crippen molar-refractivity contribution in [2.45, 2.75) is 31.3 Å². The molecule has 12 heteroatoms. The lowest BCUT2D eigenvalue weighted by atomic mass is 9.97. The molecule has 2 aromatic rings. The molecule has 176 valence electrons. The second-order valence-electron chi connectivity index (χ2n) is 8.14. The van der Waals surface area contributed by atoms with Gasteiger partial charge in [0.1, 0.15) is 5.82 Å². The number of hydrogen-bond donors (Lipinski definition) is 1. The molecule has 0 bridgehead atoms. The molecule has 2 aliphatic heterocycles. The molecule has 1 aromatic carbocycles. The van der Waals surface area contributed by atoms with E-state index in [0.717, 1.165) is 17.3 Å². The Hall–Kier alpha value is -2.70. The summed E-state index contributed by atoms with van der Waals surface area (Å²) in [5.41, 5.74) is 1.40. The number of benzene rings is 1. The molecule has 1 N–H and O–H groups in total. The van der Waals surface area contributed by atoms with Gasteiger partial charge in [-0.1, -0.05) is 23.9 Å². The third-order valence-electron chi connectivity index (χ3n) is 5.92. The molecule has 33 heavy (non-hydrogen) atoms. The summed E-state index contributed by atoms with van der Waals surface area (Å²) >= 11 is 0.997. The van der Waals surface area contributed by atoms with Crippen LogP contribution in [0.15, 0.2) is 35.5 Å². The molecular formula is C21H25N5O5S2. The van der Waals surface area contributed by atoms with Crippen LogP contribution in [0.2, 0.25) is 0 Å². The van der Waals surface area contributed by atoms with E-state index < -0.39 is 10.0 Å². The van der Waals surface area contributed by atoms with E-state index in [9.17, 15) is 22.8 Å². The van der Waals surface area contributed by atoms with Crippen molar-refractivity contribution in [2.24, 2.45) is 13.0 Å². The van der Waals surface area contributed by atoms with Crippen LogP contribution >= 0.6 is 11.8 Å². The largest absolute Gasteiger partial charge is 0.337 e. The van der Waals surface area contributed by atoms with Crippen LogP contribution in [0.3, 0.4) is 0 Å². The number of thioether (sulfide) groups is 1. The molecule has 2 fully saturated rings. The van der Waals surface area contributed by atoms with Crippen molar-refractivity contribution in [2.75, 3.05) is 24.2 Å². The van der Waals surface area contributed by atoms with Crippen LogP contribution in [-0.4, -0.2) is 63.1 Å². The highest BCUT2D eigenvalue weighted by Crippen LogP contribution is 2.25. The van der Waals surface area contributed by atoms with Gasteiger partial charge in [0, 0.05) is 37.9 Å². The maximum absolute atomic E-state index is 12.8. The molecule has 0 spiro atoms. The summed E-state index contributed by atoms with van der Waals surface area (Å²) in [5, 5.41) is 2.65. The summed E-state index contributed by atoms with van der Waals surface area (Å²) in [6, 6.07) is 7.00. The highest BCUT2D eigenvalue weighted by Gasteiger charge is 2.34. The number of nitrogens with one attached hydrogen (secondary N) is 1. The number of carbonyl (C=O) groups excluding carboxylic acids is 3. The zero-order chi connectivity index (χ0) is 23.8. The van der Waals surface area contributed by atoms with Gasteiger partial charge in [-0.3, -0.25) is 19.3 Å². The van der Waals surface area contributed by atoms with Crippen molar-refractivity contribution in [1.82, 2.24) is 18.8 Å². The molecule has 0 unspecified atom stereocenters. The Morgan fingerprint density at radius 2 is 1.85 bits per heavy atom. The molecule has 0 radical (unpaired) electrons. The number of anilines is 1. The number of aromatic nitrogens is 2. The van der Waals surface area contributed by atoms with Crippen molar-refractivity contribution in [3.05, 3.63) is 41.9 Å².